The maximum absolute atomic E-state index is 12.5. The van der Waals surface area contributed by atoms with Gasteiger partial charge in [-0.3, -0.25) is 9.36 Å². The molecule has 0 fully saturated rings. The summed E-state index contributed by atoms with van der Waals surface area (Å²) < 4.78 is 13.4. The number of ether oxygens (including phenoxy) is 1. The second-order valence-corrected chi connectivity index (χ2v) is 8.27. The van der Waals surface area contributed by atoms with Crippen LogP contribution in [0.5, 0.6) is 5.75 Å². The molecule has 9 heteroatoms. The lowest BCUT2D eigenvalue weighted by Crippen LogP contribution is -2.15. The van der Waals surface area contributed by atoms with Crippen molar-refractivity contribution in [1.29, 1.82) is 0 Å². The standard InChI is InChI=1S/C22H19BrN4O3S/c1-29-17-9-5-8-16(12-17)24-20(28)14-31-22-26-25-21(18-10-11-19(23)30-18)27(22)13-15-6-3-2-4-7-15/h2-12H,13-14H2,1H3,(H,24,28). The number of nitrogens with one attached hydrogen (secondary N) is 1. The number of amides is 1. The Balaban J connectivity index is 1.51. The molecule has 7 nitrogen and oxygen atoms in total. The molecule has 2 aromatic heterocycles. The van der Waals surface area contributed by atoms with Gasteiger partial charge in [-0.25, -0.2) is 0 Å². The van der Waals surface area contributed by atoms with Gasteiger partial charge in [-0.05, 0) is 45.8 Å². The zero-order chi connectivity index (χ0) is 21.6. The van der Waals surface area contributed by atoms with Crippen LogP contribution in [0.3, 0.4) is 0 Å². The number of hydrogen-bond donors (Lipinski definition) is 1. The van der Waals surface area contributed by atoms with Crippen molar-refractivity contribution >= 4 is 39.3 Å². The predicted molar refractivity (Wildman–Crippen MR) is 123 cm³/mol. The maximum atomic E-state index is 12.5. The molecule has 2 heterocycles. The van der Waals surface area contributed by atoms with Crippen molar-refractivity contribution in [2.75, 3.05) is 18.2 Å². The minimum atomic E-state index is -0.144. The number of furan rings is 1. The molecule has 0 unspecified atom stereocenters. The molecule has 1 N–H and O–H groups in total. The fraction of sp³-hybridized carbons (Fsp3) is 0.136. The van der Waals surface area contributed by atoms with Crippen LogP contribution >= 0.6 is 27.7 Å². The fourth-order valence-corrected chi connectivity index (χ4v) is 3.99. The Hall–Kier alpha value is -3.04. The summed E-state index contributed by atoms with van der Waals surface area (Å²) >= 11 is 4.65. The number of benzene rings is 2. The lowest BCUT2D eigenvalue weighted by atomic mass is 10.2. The molecular weight excluding hydrogens is 480 g/mol. The van der Waals surface area contributed by atoms with E-state index in [0.717, 1.165) is 5.56 Å². The van der Waals surface area contributed by atoms with Crippen LogP contribution in [0.2, 0.25) is 0 Å². The van der Waals surface area contributed by atoms with E-state index in [1.54, 1.807) is 13.2 Å². The van der Waals surface area contributed by atoms with Gasteiger partial charge in [0.15, 0.2) is 15.6 Å². The Morgan fingerprint density at radius 1 is 1.13 bits per heavy atom. The number of carbonyl (C=O) groups excluding carboxylic acids is 1. The van der Waals surface area contributed by atoms with Crippen LogP contribution < -0.4 is 10.1 Å². The fourth-order valence-electron chi connectivity index (χ4n) is 2.95. The Bertz CT molecular complexity index is 1180. The normalized spacial score (nSPS) is 10.8. The zero-order valence-electron chi connectivity index (χ0n) is 16.6. The molecular formula is C22H19BrN4O3S. The quantitative estimate of drug-likeness (QED) is 0.340. The molecule has 1 amide bonds. The molecule has 0 bridgehead atoms. The molecule has 0 aliphatic heterocycles. The minimum absolute atomic E-state index is 0.144. The topological polar surface area (TPSA) is 82.2 Å². The second-order valence-electron chi connectivity index (χ2n) is 6.55. The summed E-state index contributed by atoms with van der Waals surface area (Å²) in [5, 5.41) is 12.1. The minimum Gasteiger partial charge on any atom is -0.497 e. The average Bonchev–Trinajstić information content (AvgIpc) is 3.39. The van der Waals surface area contributed by atoms with Crippen molar-refractivity contribution in [2.45, 2.75) is 11.7 Å². The van der Waals surface area contributed by atoms with E-state index < -0.39 is 0 Å². The van der Waals surface area contributed by atoms with Crippen molar-refractivity contribution in [3.63, 3.8) is 0 Å². The summed E-state index contributed by atoms with van der Waals surface area (Å²) in [6.07, 6.45) is 0. The summed E-state index contributed by atoms with van der Waals surface area (Å²) in [6.45, 7) is 0.557. The molecule has 0 saturated carbocycles. The molecule has 4 aromatic rings. The van der Waals surface area contributed by atoms with Crippen LogP contribution in [0, 0.1) is 0 Å². The van der Waals surface area contributed by atoms with E-state index in [2.05, 4.69) is 31.4 Å². The predicted octanol–water partition coefficient (Wildman–Crippen LogP) is 5.09. The molecule has 0 atom stereocenters. The lowest BCUT2D eigenvalue weighted by molar-refractivity contribution is -0.113. The Kier molecular flexibility index (Phi) is 6.73. The van der Waals surface area contributed by atoms with Gasteiger partial charge in [0.1, 0.15) is 5.75 Å². The van der Waals surface area contributed by atoms with E-state index in [1.807, 2.05) is 65.2 Å². The van der Waals surface area contributed by atoms with Gasteiger partial charge >= 0.3 is 0 Å². The van der Waals surface area contributed by atoms with Crippen molar-refractivity contribution in [3.05, 3.63) is 77.0 Å². The van der Waals surface area contributed by atoms with E-state index in [9.17, 15) is 4.79 Å². The Morgan fingerprint density at radius 3 is 2.71 bits per heavy atom. The van der Waals surface area contributed by atoms with E-state index in [4.69, 9.17) is 9.15 Å². The summed E-state index contributed by atoms with van der Waals surface area (Å²) in [4.78, 5) is 12.5. The van der Waals surface area contributed by atoms with Gasteiger partial charge in [-0.2, -0.15) is 0 Å². The molecule has 31 heavy (non-hydrogen) atoms. The lowest BCUT2D eigenvalue weighted by Gasteiger charge is -2.10. The van der Waals surface area contributed by atoms with Gasteiger partial charge in [-0.15, -0.1) is 10.2 Å². The molecule has 0 aliphatic rings. The largest absolute Gasteiger partial charge is 0.497 e. The molecule has 4 rings (SSSR count). The van der Waals surface area contributed by atoms with Gasteiger partial charge in [0, 0.05) is 11.8 Å². The highest BCUT2D eigenvalue weighted by atomic mass is 79.9. The highest BCUT2D eigenvalue weighted by Crippen LogP contribution is 2.28. The molecule has 0 spiro atoms. The van der Waals surface area contributed by atoms with Crippen LogP contribution in [-0.2, 0) is 11.3 Å². The van der Waals surface area contributed by atoms with E-state index in [0.29, 0.717) is 39.4 Å². The van der Waals surface area contributed by atoms with Crippen LogP contribution in [0.4, 0.5) is 5.69 Å². The number of nitrogens with zero attached hydrogens (tertiary/aromatic N) is 3. The van der Waals surface area contributed by atoms with Crippen LogP contribution in [-0.4, -0.2) is 33.5 Å². The highest BCUT2D eigenvalue weighted by molar-refractivity contribution is 9.10. The maximum Gasteiger partial charge on any atom is 0.234 e. The van der Waals surface area contributed by atoms with Crippen molar-refractivity contribution in [1.82, 2.24) is 14.8 Å². The number of halogens is 1. The molecule has 158 valence electrons. The van der Waals surface area contributed by atoms with Crippen LogP contribution in [0.1, 0.15) is 5.56 Å². The first-order chi connectivity index (χ1) is 15.1. The number of aromatic nitrogens is 3. The average molecular weight is 499 g/mol. The molecule has 0 saturated heterocycles. The monoisotopic (exact) mass is 498 g/mol. The van der Waals surface area contributed by atoms with Gasteiger partial charge in [0.2, 0.25) is 11.7 Å². The molecule has 0 aliphatic carbocycles. The van der Waals surface area contributed by atoms with Gasteiger partial charge < -0.3 is 14.5 Å². The third kappa shape index (κ3) is 5.36. The smallest absolute Gasteiger partial charge is 0.234 e. The van der Waals surface area contributed by atoms with E-state index >= 15 is 0 Å². The third-order valence-electron chi connectivity index (χ3n) is 4.38. The first-order valence-corrected chi connectivity index (χ1v) is 11.2. The number of thioether (sulfide) groups is 1. The van der Waals surface area contributed by atoms with Gasteiger partial charge in [-0.1, -0.05) is 48.2 Å². The zero-order valence-corrected chi connectivity index (χ0v) is 19.0. The van der Waals surface area contributed by atoms with Crippen molar-refractivity contribution in [2.24, 2.45) is 0 Å². The molecule has 0 radical (unpaired) electrons. The Labute approximate surface area is 191 Å². The first kappa shape index (κ1) is 21.2. The third-order valence-corrected chi connectivity index (χ3v) is 5.77. The van der Waals surface area contributed by atoms with E-state index in [-0.39, 0.29) is 11.7 Å². The van der Waals surface area contributed by atoms with Crippen LogP contribution in [0.15, 0.2) is 81.0 Å². The number of rotatable bonds is 8. The number of carbonyl (C=O) groups is 1. The summed E-state index contributed by atoms with van der Waals surface area (Å²) in [7, 11) is 1.59. The SMILES string of the molecule is COc1cccc(NC(=O)CSc2nnc(-c3ccc(Br)o3)n2Cc2ccccc2)c1. The summed E-state index contributed by atoms with van der Waals surface area (Å²) in [5.74, 6) is 1.93. The second kappa shape index (κ2) is 9.84. The van der Waals surface area contributed by atoms with E-state index in [1.165, 1.54) is 11.8 Å². The summed E-state index contributed by atoms with van der Waals surface area (Å²) in [5.41, 5.74) is 1.77. The highest BCUT2D eigenvalue weighted by Gasteiger charge is 2.18. The van der Waals surface area contributed by atoms with Crippen molar-refractivity contribution in [3.8, 4) is 17.3 Å². The first-order valence-electron chi connectivity index (χ1n) is 9.42. The molecule has 2 aromatic carbocycles. The van der Waals surface area contributed by atoms with Gasteiger partial charge in [0.25, 0.3) is 0 Å². The van der Waals surface area contributed by atoms with Crippen LogP contribution in [0.25, 0.3) is 11.6 Å². The number of hydrogen-bond acceptors (Lipinski definition) is 6. The number of anilines is 1. The van der Waals surface area contributed by atoms with Gasteiger partial charge in [0.05, 0.1) is 19.4 Å². The summed E-state index contributed by atoms with van der Waals surface area (Å²) in [6, 6.07) is 20.9. The Morgan fingerprint density at radius 2 is 1.97 bits per heavy atom. The van der Waals surface area contributed by atoms with Crippen molar-refractivity contribution < 1.29 is 13.9 Å². The number of methoxy groups -OCH3 is 1.